The Hall–Kier alpha value is -0.310. The fourth-order valence-electron chi connectivity index (χ4n) is 0.655. The molecule has 0 fully saturated rings. The molecule has 0 atom stereocenters. The van der Waals surface area contributed by atoms with Crippen molar-refractivity contribution in [1.82, 2.24) is 0 Å². The smallest absolute Gasteiger partial charge is 0.308 e. The van der Waals surface area contributed by atoms with Crippen molar-refractivity contribution in [1.29, 1.82) is 0 Å². The molecule has 1 aromatic rings. The van der Waals surface area contributed by atoms with E-state index >= 15 is 0 Å². The van der Waals surface area contributed by atoms with Gasteiger partial charge < -0.3 is 4.74 Å². The van der Waals surface area contributed by atoms with E-state index in [4.69, 9.17) is 4.74 Å². The van der Waals surface area contributed by atoms with E-state index in [9.17, 15) is 4.79 Å². The molecule has 0 aliphatic carbocycles. The average Bonchev–Trinajstić information content (AvgIpc) is 1.88. The van der Waals surface area contributed by atoms with E-state index in [1.165, 1.54) is 6.92 Å². The van der Waals surface area contributed by atoms with Gasteiger partial charge in [-0.1, -0.05) is 18.2 Å². The Morgan fingerprint density at radius 1 is 1.27 bits per heavy atom. The third-order valence-electron chi connectivity index (χ3n) is 1.00. The van der Waals surface area contributed by atoms with Gasteiger partial charge in [-0.05, 0) is 12.1 Å². The maximum absolute atomic E-state index is 10.4. The van der Waals surface area contributed by atoms with Gasteiger partial charge in [0.15, 0.2) is 0 Å². The molecule has 0 aromatic heterocycles. The molecule has 0 N–H and O–H groups in total. The predicted molar refractivity (Wildman–Crippen MR) is 43.5 cm³/mol. The third-order valence-corrected chi connectivity index (χ3v) is 1.00. The van der Waals surface area contributed by atoms with Crippen molar-refractivity contribution in [3.63, 3.8) is 0 Å². The average molecular weight is 159 g/mol. The number of benzene rings is 1. The van der Waals surface area contributed by atoms with Gasteiger partial charge in [-0.25, -0.2) is 0 Å². The Kier molecular flexibility index (Phi) is 5.20. The van der Waals surface area contributed by atoms with E-state index in [-0.39, 0.29) is 35.5 Å². The van der Waals surface area contributed by atoms with Crippen LogP contribution in [0, 0.1) is 0 Å². The van der Waals surface area contributed by atoms with Crippen LogP contribution in [0.3, 0.4) is 0 Å². The van der Waals surface area contributed by atoms with Crippen molar-refractivity contribution in [2.75, 3.05) is 0 Å². The quantitative estimate of drug-likeness (QED) is 0.350. The number of ether oxygens (including phenoxy) is 1. The van der Waals surface area contributed by atoms with Crippen molar-refractivity contribution in [2.24, 2.45) is 0 Å². The van der Waals surface area contributed by atoms with Gasteiger partial charge in [0.05, 0.1) is 0 Å². The summed E-state index contributed by atoms with van der Waals surface area (Å²) in [5.41, 5.74) is 0. The molecule has 0 aliphatic rings. The molecule has 1 radical (unpaired) electrons. The molecule has 0 saturated heterocycles. The zero-order valence-electron chi connectivity index (χ0n) is 6.70. The summed E-state index contributed by atoms with van der Waals surface area (Å²) in [4.78, 5) is 10.4. The molecule has 2 nitrogen and oxygen atoms in total. The largest absolute Gasteiger partial charge is 0.427 e. The molecular weight excluding hydrogens is 151 g/mol. The van der Waals surface area contributed by atoms with Crippen LogP contribution in [0.15, 0.2) is 30.3 Å². The van der Waals surface area contributed by atoms with Gasteiger partial charge in [0, 0.05) is 36.5 Å². The number of carbonyl (C=O) groups excluding carboxylic acids is 1. The van der Waals surface area contributed by atoms with Crippen LogP contribution >= 0.6 is 0 Å². The van der Waals surface area contributed by atoms with Crippen molar-refractivity contribution in [3.8, 4) is 5.75 Å². The minimum Gasteiger partial charge on any atom is -0.427 e. The summed E-state index contributed by atoms with van der Waals surface area (Å²) in [6, 6.07) is 8.98. The fourth-order valence-corrected chi connectivity index (χ4v) is 0.655. The first-order valence-corrected chi connectivity index (χ1v) is 3.02. The summed E-state index contributed by atoms with van der Waals surface area (Å²) in [5.74, 6) is 0.307. The van der Waals surface area contributed by atoms with Crippen LogP contribution in [0.4, 0.5) is 0 Å². The Morgan fingerprint density at radius 2 is 1.82 bits per heavy atom. The summed E-state index contributed by atoms with van der Waals surface area (Å²) in [5, 5.41) is 0. The van der Waals surface area contributed by atoms with E-state index < -0.39 is 0 Å². The molecule has 0 amide bonds. The van der Waals surface area contributed by atoms with Crippen LogP contribution in [0.2, 0.25) is 0 Å². The summed E-state index contributed by atoms with van der Waals surface area (Å²) >= 11 is 0. The third kappa shape index (κ3) is 4.19. The molecule has 3 heteroatoms. The van der Waals surface area contributed by atoms with Crippen LogP contribution in [0.5, 0.6) is 5.75 Å². The Bertz CT molecular complexity index is 221. The summed E-state index contributed by atoms with van der Waals surface area (Å²) in [7, 11) is 0. The van der Waals surface area contributed by atoms with E-state index in [1.54, 1.807) is 12.1 Å². The van der Waals surface area contributed by atoms with Gasteiger partial charge in [-0.3, -0.25) is 4.79 Å². The molecule has 0 bridgehead atoms. The van der Waals surface area contributed by atoms with E-state index in [2.05, 4.69) is 0 Å². The Labute approximate surface area is 87.8 Å². The maximum Gasteiger partial charge on any atom is 0.308 e. The molecule has 1 aromatic carbocycles. The molecule has 0 unspecified atom stereocenters. The van der Waals surface area contributed by atoms with Gasteiger partial charge in [-0.15, -0.1) is 0 Å². The van der Waals surface area contributed by atoms with Crippen LogP contribution < -0.4 is 4.74 Å². The minimum absolute atomic E-state index is 0. The number of hydrogen-bond donors (Lipinski definition) is 0. The Morgan fingerprint density at radius 3 is 2.27 bits per heavy atom. The minimum atomic E-state index is -0.286. The second-order valence-electron chi connectivity index (χ2n) is 1.91. The van der Waals surface area contributed by atoms with Gasteiger partial charge in [0.25, 0.3) is 0 Å². The first-order chi connectivity index (χ1) is 4.79. The summed E-state index contributed by atoms with van der Waals surface area (Å²) in [6.45, 7) is 1.38. The molecule has 0 spiro atoms. The van der Waals surface area contributed by atoms with Crippen LogP contribution in [-0.4, -0.2) is 35.5 Å². The van der Waals surface area contributed by atoms with E-state index in [1.807, 2.05) is 18.2 Å². The molecule has 1 rings (SSSR count). The molecule has 0 heterocycles. The van der Waals surface area contributed by atoms with Crippen molar-refractivity contribution in [3.05, 3.63) is 30.3 Å². The number of para-hydroxylation sites is 1. The van der Waals surface area contributed by atoms with Crippen LogP contribution in [0.1, 0.15) is 6.92 Å². The van der Waals surface area contributed by atoms with Gasteiger partial charge in [0.2, 0.25) is 0 Å². The molecule has 53 valence electrons. The standard InChI is InChI=1S/C8H8O2.Na/c1-7(9)10-8-5-3-2-4-6-8;/h2-6H,1H3;. The second kappa shape index (κ2) is 5.35. The number of carbonyl (C=O) groups is 1. The zero-order valence-corrected chi connectivity index (χ0v) is 8.70. The van der Waals surface area contributed by atoms with Crippen molar-refractivity contribution < 1.29 is 9.53 Å². The molecule has 0 aliphatic heterocycles. The monoisotopic (exact) mass is 159 g/mol. The first kappa shape index (κ1) is 10.7. The maximum atomic E-state index is 10.4. The van der Waals surface area contributed by atoms with Crippen LogP contribution in [-0.2, 0) is 4.79 Å². The number of hydrogen-bond acceptors (Lipinski definition) is 2. The SMILES string of the molecule is CC(=O)Oc1ccccc1.[Na]. The second-order valence-corrected chi connectivity index (χ2v) is 1.91. The summed E-state index contributed by atoms with van der Waals surface area (Å²) in [6.07, 6.45) is 0. The normalized spacial score (nSPS) is 8.09. The van der Waals surface area contributed by atoms with Gasteiger partial charge in [-0.2, -0.15) is 0 Å². The number of esters is 1. The van der Waals surface area contributed by atoms with Gasteiger partial charge in [0.1, 0.15) is 5.75 Å². The first-order valence-electron chi connectivity index (χ1n) is 3.02. The van der Waals surface area contributed by atoms with Crippen molar-refractivity contribution >= 4 is 35.5 Å². The van der Waals surface area contributed by atoms with Gasteiger partial charge >= 0.3 is 5.97 Å². The number of rotatable bonds is 1. The Balaban J connectivity index is 0.000001000. The van der Waals surface area contributed by atoms with Crippen molar-refractivity contribution in [2.45, 2.75) is 6.92 Å². The van der Waals surface area contributed by atoms with Crippen LogP contribution in [0.25, 0.3) is 0 Å². The fraction of sp³-hybridized carbons (Fsp3) is 0.125. The summed E-state index contributed by atoms with van der Waals surface area (Å²) < 4.78 is 4.78. The topological polar surface area (TPSA) is 26.3 Å². The zero-order chi connectivity index (χ0) is 7.40. The van der Waals surface area contributed by atoms with E-state index in [0.717, 1.165) is 0 Å². The molecule has 0 saturated carbocycles. The predicted octanol–water partition coefficient (Wildman–Crippen LogP) is 1.23. The molecular formula is C8H8NaO2. The molecule has 11 heavy (non-hydrogen) atoms. The van der Waals surface area contributed by atoms with E-state index in [0.29, 0.717) is 5.75 Å².